The molecule has 2 aromatic carbocycles. The molecule has 0 heterocycles. The molecule has 1 amide bonds. The molecule has 2 N–H and O–H groups in total. The third-order valence-corrected chi connectivity index (χ3v) is 3.32. The lowest BCUT2D eigenvalue weighted by Crippen LogP contribution is -2.19. The first-order valence-corrected chi connectivity index (χ1v) is 7.26. The predicted octanol–water partition coefficient (Wildman–Crippen LogP) is 3.38. The predicted molar refractivity (Wildman–Crippen MR) is 88.8 cm³/mol. The van der Waals surface area contributed by atoms with Gasteiger partial charge in [-0.15, -0.1) is 0 Å². The Kier molecular flexibility index (Phi) is 5.34. The Balaban J connectivity index is 2.20. The van der Waals surface area contributed by atoms with Crippen LogP contribution in [0.4, 0.5) is 0 Å². The average Bonchev–Trinajstić information content (AvgIpc) is 2.51. The fourth-order valence-electron chi connectivity index (χ4n) is 1.82. The Hall–Kier alpha value is -2.58. The van der Waals surface area contributed by atoms with Crippen molar-refractivity contribution in [2.45, 2.75) is 0 Å². The molecule has 5 heteroatoms. The Bertz CT molecular complexity index is 746. The van der Waals surface area contributed by atoms with E-state index in [0.717, 1.165) is 15.6 Å². The second kappa shape index (κ2) is 7.43. The highest BCUT2D eigenvalue weighted by Gasteiger charge is 2.02. The van der Waals surface area contributed by atoms with Gasteiger partial charge in [0, 0.05) is 4.47 Å². The number of allylic oxidation sites excluding steroid dienone is 1. The lowest BCUT2D eigenvalue weighted by molar-refractivity contribution is -0.119. The van der Waals surface area contributed by atoms with Crippen LogP contribution in [0, 0.1) is 11.3 Å². The molecular formula is C17H13BrN2O2. The number of amides is 1. The van der Waals surface area contributed by atoms with Crippen LogP contribution >= 0.6 is 15.9 Å². The van der Waals surface area contributed by atoms with Crippen molar-refractivity contribution in [1.29, 1.82) is 5.26 Å². The molecular weight excluding hydrogens is 344 g/mol. The highest BCUT2D eigenvalue weighted by atomic mass is 79.9. The molecule has 0 saturated heterocycles. The maximum atomic E-state index is 10.7. The molecule has 22 heavy (non-hydrogen) atoms. The van der Waals surface area contributed by atoms with Crippen molar-refractivity contribution in [3.63, 3.8) is 0 Å². The quantitative estimate of drug-likeness (QED) is 0.658. The number of carbonyl (C=O) groups is 1. The first-order valence-electron chi connectivity index (χ1n) is 6.47. The van der Waals surface area contributed by atoms with Crippen LogP contribution in [0.15, 0.2) is 53.0 Å². The van der Waals surface area contributed by atoms with Crippen molar-refractivity contribution < 1.29 is 9.53 Å². The van der Waals surface area contributed by atoms with Crippen LogP contribution in [0.3, 0.4) is 0 Å². The van der Waals surface area contributed by atoms with Gasteiger partial charge in [0.15, 0.2) is 6.61 Å². The van der Waals surface area contributed by atoms with Gasteiger partial charge in [-0.3, -0.25) is 4.79 Å². The summed E-state index contributed by atoms with van der Waals surface area (Å²) in [6, 6.07) is 16.8. The monoisotopic (exact) mass is 356 g/mol. The molecule has 0 bridgehead atoms. The van der Waals surface area contributed by atoms with Gasteiger partial charge in [0.25, 0.3) is 5.91 Å². The standard InChI is InChI=1S/C17H13BrN2O2/c18-15-3-1-2-13(9-15)14(10-19)8-12-4-6-16(7-5-12)22-11-17(20)21/h1-9H,11H2,(H2,20,21). The third kappa shape index (κ3) is 4.47. The number of halogens is 1. The highest BCUT2D eigenvalue weighted by molar-refractivity contribution is 9.10. The minimum atomic E-state index is -0.523. The highest BCUT2D eigenvalue weighted by Crippen LogP contribution is 2.22. The number of nitrogens with zero attached hydrogens (tertiary/aromatic N) is 1. The van der Waals surface area contributed by atoms with Gasteiger partial charge in [-0.25, -0.2) is 0 Å². The smallest absolute Gasteiger partial charge is 0.255 e. The van der Waals surface area contributed by atoms with E-state index < -0.39 is 5.91 Å². The average molecular weight is 357 g/mol. The first kappa shape index (κ1) is 15.8. The van der Waals surface area contributed by atoms with Crippen molar-refractivity contribution in [2.24, 2.45) is 5.73 Å². The van der Waals surface area contributed by atoms with Crippen molar-refractivity contribution in [2.75, 3.05) is 6.61 Å². The molecule has 0 aliphatic heterocycles. The number of benzene rings is 2. The lowest BCUT2D eigenvalue weighted by Gasteiger charge is -2.04. The number of carbonyl (C=O) groups excluding carboxylic acids is 1. The molecule has 0 aromatic heterocycles. The number of hydrogen-bond donors (Lipinski definition) is 1. The summed E-state index contributed by atoms with van der Waals surface area (Å²) in [6.45, 7) is -0.156. The van der Waals surface area contributed by atoms with E-state index >= 15 is 0 Å². The maximum Gasteiger partial charge on any atom is 0.255 e. The number of nitrogens with two attached hydrogens (primary N) is 1. The molecule has 0 radical (unpaired) electrons. The number of nitriles is 1. The molecule has 110 valence electrons. The molecule has 0 spiro atoms. The molecule has 0 fully saturated rings. The topological polar surface area (TPSA) is 76.1 Å². The SMILES string of the molecule is N#CC(=Cc1ccc(OCC(N)=O)cc1)c1cccc(Br)c1. The van der Waals surface area contributed by atoms with Crippen molar-refractivity contribution in [3.8, 4) is 11.8 Å². The van der Waals surface area contributed by atoms with Crippen LogP contribution in [0.2, 0.25) is 0 Å². The second-order valence-electron chi connectivity index (χ2n) is 4.50. The van der Waals surface area contributed by atoms with Gasteiger partial charge in [-0.2, -0.15) is 5.26 Å². The maximum absolute atomic E-state index is 10.7. The van der Waals surface area contributed by atoms with Crippen LogP contribution in [0.25, 0.3) is 11.6 Å². The van der Waals surface area contributed by atoms with E-state index in [2.05, 4.69) is 22.0 Å². The summed E-state index contributed by atoms with van der Waals surface area (Å²) in [7, 11) is 0. The fraction of sp³-hybridized carbons (Fsp3) is 0.0588. The van der Waals surface area contributed by atoms with E-state index in [-0.39, 0.29) is 6.61 Å². The Morgan fingerprint density at radius 1 is 1.27 bits per heavy atom. The zero-order chi connectivity index (χ0) is 15.9. The van der Waals surface area contributed by atoms with E-state index in [9.17, 15) is 10.1 Å². The van der Waals surface area contributed by atoms with Gasteiger partial charge >= 0.3 is 0 Å². The third-order valence-electron chi connectivity index (χ3n) is 2.83. The number of primary amides is 1. The van der Waals surface area contributed by atoms with Crippen molar-refractivity contribution in [1.82, 2.24) is 0 Å². The summed E-state index contributed by atoms with van der Waals surface area (Å²) in [6.07, 6.45) is 1.79. The van der Waals surface area contributed by atoms with Gasteiger partial charge < -0.3 is 10.5 Å². The summed E-state index contributed by atoms with van der Waals surface area (Å²) < 4.78 is 6.11. The summed E-state index contributed by atoms with van der Waals surface area (Å²) in [5.41, 5.74) is 7.28. The van der Waals surface area contributed by atoms with Crippen LogP contribution < -0.4 is 10.5 Å². The van der Waals surface area contributed by atoms with Crippen LogP contribution in [-0.4, -0.2) is 12.5 Å². The number of hydrogen-bond acceptors (Lipinski definition) is 3. The Morgan fingerprint density at radius 3 is 2.59 bits per heavy atom. The van der Waals surface area contributed by atoms with E-state index in [1.807, 2.05) is 36.4 Å². The molecule has 0 aliphatic carbocycles. The summed E-state index contributed by atoms with van der Waals surface area (Å²) in [4.78, 5) is 10.7. The molecule has 2 rings (SSSR count). The minimum Gasteiger partial charge on any atom is -0.484 e. The van der Waals surface area contributed by atoms with Gasteiger partial charge in [-0.1, -0.05) is 40.2 Å². The minimum absolute atomic E-state index is 0.156. The summed E-state index contributed by atoms with van der Waals surface area (Å²) >= 11 is 3.39. The molecule has 0 atom stereocenters. The Labute approximate surface area is 136 Å². The van der Waals surface area contributed by atoms with E-state index in [1.165, 1.54) is 0 Å². The Morgan fingerprint density at radius 2 is 2.00 bits per heavy atom. The van der Waals surface area contributed by atoms with Gasteiger partial charge in [0.2, 0.25) is 0 Å². The molecule has 0 aliphatic rings. The molecule has 4 nitrogen and oxygen atoms in total. The van der Waals surface area contributed by atoms with Crippen molar-refractivity contribution >= 4 is 33.5 Å². The fourth-order valence-corrected chi connectivity index (χ4v) is 2.22. The molecule has 0 saturated carbocycles. The van der Waals surface area contributed by atoms with Crippen LogP contribution in [0.5, 0.6) is 5.75 Å². The zero-order valence-electron chi connectivity index (χ0n) is 11.6. The normalized spacial score (nSPS) is 10.8. The molecule has 0 unspecified atom stereocenters. The van der Waals surface area contributed by atoms with E-state index in [1.54, 1.807) is 18.2 Å². The molecule has 2 aromatic rings. The second-order valence-corrected chi connectivity index (χ2v) is 5.42. The number of rotatable bonds is 5. The van der Waals surface area contributed by atoms with Gasteiger partial charge in [-0.05, 0) is 41.5 Å². The summed E-state index contributed by atoms with van der Waals surface area (Å²) in [5.74, 6) is 0.0299. The zero-order valence-corrected chi connectivity index (χ0v) is 13.2. The van der Waals surface area contributed by atoms with Crippen molar-refractivity contribution in [3.05, 3.63) is 64.1 Å². The van der Waals surface area contributed by atoms with Crippen LogP contribution in [0.1, 0.15) is 11.1 Å². The number of ether oxygens (including phenoxy) is 1. The van der Waals surface area contributed by atoms with E-state index in [0.29, 0.717) is 11.3 Å². The van der Waals surface area contributed by atoms with Gasteiger partial charge in [0.05, 0.1) is 11.6 Å². The van der Waals surface area contributed by atoms with Gasteiger partial charge in [0.1, 0.15) is 5.75 Å². The van der Waals surface area contributed by atoms with Crippen LogP contribution in [-0.2, 0) is 4.79 Å². The first-order chi connectivity index (χ1) is 10.6. The lowest BCUT2D eigenvalue weighted by atomic mass is 10.0. The summed E-state index contributed by atoms with van der Waals surface area (Å²) in [5, 5.41) is 9.32. The van der Waals surface area contributed by atoms with E-state index in [4.69, 9.17) is 10.5 Å². The largest absolute Gasteiger partial charge is 0.484 e.